The molecule has 1 aromatic heterocycles. The average Bonchev–Trinajstić information content (AvgIpc) is 3.14. The molecule has 1 aromatic carbocycles. The SMILES string of the molecule is Cc1nc(CNC(c2ccccc2)C2CC2)cs1. The van der Waals surface area contributed by atoms with Crippen LogP contribution in [0.3, 0.4) is 0 Å². The van der Waals surface area contributed by atoms with E-state index in [0.717, 1.165) is 17.5 Å². The molecule has 3 rings (SSSR count). The fourth-order valence-corrected chi connectivity index (χ4v) is 2.96. The minimum Gasteiger partial charge on any atom is -0.304 e. The summed E-state index contributed by atoms with van der Waals surface area (Å²) >= 11 is 1.72. The number of benzene rings is 1. The lowest BCUT2D eigenvalue weighted by Crippen LogP contribution is -2.22. The highest BCUT2D eigenvalue weighted by atomic mass is 32.1. The summed E-state index contributed by atoms with van der Waals surface area (Å²) in [6.07, 6.45) is 2.70. The molecule has 2 nitrogen and oxygen atoms in total. The number of aromatic nitrogens is 1. The van der Waals surface area contributed by atoms with Crippen molar-refractivity contribution in [3.8, 4) is 0 Å². The van der Waals surface area contributed by atoms with E-state index in [1.165, 1.54) is 24.1 Å². The monoisotopic (exact) mass is 258 g/mol. The van der Waals surface area contributed by atoms with Gasteiger partial charge in [-0.2, -0.15) is 0 Å². The molecule has 0 spiro atoms. The predicted molar refractivity (Wildman–Crippen MR) is 75.6 cm³/mol. The van der Waals surface area contributed by atoms with Crippen LogP contribution in [0.2, 0.25) is 0 Å². The maximum absolute atomic E-state index is 4.51. The highest BCUT2D eigenvalue weighted by Crippen LogP contribution is 2.41. The Bertz CT molecular complexity index is 502. The van der Waals surface area contributed by atoms with Crippen LogP contribution in [0, 0.1) is 12.8 Å². The van der Waals surface area contributed by atoms with Crippen molar-refractivity contribution in [2.75, 3.05) is 0 Å². The molecule has 94 valence electrons. The Balaban J connectivity index is 1.68. The lowest BCUT2D eigenvalue weighted by molar-refractivity contribution is 0.477. The fraction of sp³-hybridized carbons (Fsp3) is 0.400. The van der Waals surface area contributed by atoms with Gasteiger partial charge in [-0.1, -0.05) is 30.3 Å². The Morgan fingerprint density at radius 1 is 1.33 bits per heavy atom. The van der Waals surface area contributed by atoms with E-state index in [9.17, 15) is 0 Å². The van der Waals surface area contributed by atoms with Crippen molar-refractivity contribution in [2.24, 2.45) is 5.92 Å². The number of hydrogen-bond acceptors (Lipinski definition) is 3. The van der Waals surface area contributed by atoms with E-state index in [1.807, 2.05) is 0 Å². The van der Waals surface area contributed by atoms with E-state index in [2.05, 4.69) is 52.9 Å². The van der Waals surface area contributed by atoms with Gasteiger partial charge in [0.2, 0.25) is 0 Å². The van der Waals surface area contributed by atoms with E-state index in [-0.39, 0.29) is 0 Å². The summed E-state index contributed by atoms with van der Waals surface area (Å²) in [6.45, 7) is 2.93. The van der Waals surface area contributed by atoms with Gasteiger partial charge in [-0.15, -0.1) is 11.3 Å². The molecular formula is C15H18N2S. The van der Waals surface area contributed by atoms with Crippen molar-refractivity contribution in [3.63, 3.8) is 0 Å². The molecule has 1 aliphatic rings. The molecule has 0 bridgehead atoms. The first-order valence-corrected chi connectivity index (χ1v) is 7.40. The maximum Gasteiger partial charge on any atom is 0.0897 e. The zero-order valence-corrected chi connectivity index (χ0v) is 11.4. The minimum absolute atomic E-state index is 0.494. The second-order valence-electron chi connectivity index (χ2n) is 4.96. The molecule has 0 radical (unpaired) electrons. The van der Waals surface area contributed by atoms with Gasteiger partial charge in [-0.3, -0.25) is 0 Å². The molecule has 1 atom stereocenters. The number of rotatable bonds is 5. The van der Waals surface area contributed by atoms with Crippen molar-refractivity contribution >= 4 is 11.3 Å². The highest BCUT2D eigenvalue weighted by Gasteiger charge is 2.31. The lowest BCUT2D eigenvalue weighted by Gasteiger charge is -2.18. The first kappa shape index (κ1) is 11.9. The maximum atomic E-state index is 4.51. The van der Waals surface area contributed by atoms with Crippen LogP contribution < -0.4 is 5.32 Å². The highest BCUT2D eigenvalue weighted by molar-refractivity contribution is 7.09. The van der Waals surface area contributed by atoms with E-state index < -0.39 is 0 Å². The lowest BCUT2D eigenvalue weighted by atomic mass is 10.0. The van der Waals surface area contributed by atoms with E-state index in [4.69, 9.17) is 0 Å². The topological polar surface area (TPSA) is 24.9 Å². The molecule has 3 heteroatoms. The van der Waals surface area contributed by atoms with Gasteiger partial charge in [0.15, 0.2) is 0 Å². The van der Waals surface area contributed by atoms with Crippen LogP contribution in [-0.4, -0.2) is 4.98 Å². The second-order valence-corrected chi connectivity index (χ2v) is 6.03. The standard InChI is InChI=1S/C15H18N2S/c1-11-17-14(10-18-11)9-16-15(13-7-8-13)12-5-3-2-4-6-12/h2-6,10,13,15-16H,7-9H2,1H3. The summed E-state index contributed by atoms with van der Waals surface area (Å²) in [5, 5.41) is 6.97. The number of aryl methyl sites for hydroxylation is 1. The average molecular weight is 258 g/mol. The third-order valence-corrected chi connectivity index (χ3v) is 4.24. The second kappa shape index (κ2) is 5.21. The van der Waals surface area contributed by atoms with Crippen LogP contribution >= 0.6 is 11.3 Å². The van der Waals surface area contributed by atoms with Gasteiger partial charge in [-0.05, 0) is 31.2 Å². The van der Waals surface area contributed by atoms with Crippen molar-refractivity contribution in [1.82, 2.24) is 10.3 Å². The Morgan fingerprint density at radius 2 is 2.11 bits per heavy atom. The summed E-state index contributed by atoms with van der Waals surface area (Å²) < 4.78 is 0. The summed E-state index contributed by atoms with van der Waals surface area (Å²) in [5.74, 6) is 0.812. The normalized spacial score (nSPS) is 16.7. The fourth-order valence-electron chi connectivity index (χ4n) is 2.35. The minimum atomic E-state index is 0.494. The molecule has 1 heterocycles. The van der Waals surface area contributed by atoms with Gasteiger partial charge >= 0.3 is 0 Å². The van der Waals surface area contributed by atoms with Gasteiger partial charge in [0.1, 0.15) is 0 Å². The molecule has 0 amide bonds. The number of nitrogens with zero attached hydrogens (tertiary/aromatic N) is 1. The van der Waals surface area contributed by atoms with E-state index in [0.29, 0.717) is 6.04 Å². The molecule has 0 saturated heterocycles. The molecule has 1 aliphatic carbocycles. The Labute approximate surface area is 112 Å². The number of thiazole rings is 1. The van der Waals surface area contributed by atoms with Crippen LogP contribution in [0.1, 0.15) is 35.1 Å². The van der Waals surface area contributed by atoms with Crippen molar-refractivity contribution in [1.29, 1.82) is 0 Å². The summed E-state index contributed by atoms with van der Waals surface area (Å²) in [5.41, 5.74) is 2.58. The van der Waals surface area contributed by atoms with Gasteiger partial charge in [0.05, 0.1) is 10.7 Å². The molecular weight excluding hydrogens is 240 g/mol. The molecule has 0 aliphatic heterocycles. The first-order chi connectivity index (χ1) is 8.83. The zero-order chi connectivity index (χ0) is 12.4. The van der Waals surface area contributed by atoms with E-state index >= 15 is 0 Å². The first-order valence-electron chi connectivity index (χ1n) is 6.52. The molecule has 1 saturated carbocycles. The molecule has 1 unspecified atom stereocenters. The van der Waals surface area contributed by atoms with Gasteiger partial charge in [0.25, 0.3) is 0 Å². The van der Waals surface area contributed by atoms with Crippen LogP contribution in [-0.2, 0) is 6.54 Å². The third kappa shape index (κ3) is 2.79. The Kier molecular flexibility index (Phi) is 3.43. The van der Waals surface area contributed by atoms with Gasteiger partial charge < -0.3 is 5.32 Å². The molecule has 1 fully saturated rings. The van der Waals surface area contributed by atoms with E-state index in [1.54, 1.807) is 11.3 Å². The van der Waals surface area contributed by atoms with Gasteiger partial charge in [-0.25, -0.2) is 4.98 Å². The van der Waals surface area contributed by atoms with Crippen LogP contribution in [0.15, 0.2) is 35.7 Å². The van der Waals surface area contributed by atoms with Gasteiger partial charge in [0, 0.05) is 18.0 Å². The summed E-state index contributed by atoms with van der Waals surface area (Å²) in [7, 11) is 0. The quantitative estimate of drug-likeness (QED) is 0.884. The molecule has 2 aromatic rings. The van der Waals surface area contributed by atoms with Crippen molar-refractivity contribution in [3.05, 3.63) is 52.0 Å². The number of hydrogen-bond donors (Lipinski definition) is 1. The Morgan fingerprint density at radius 3 is 2.72 bits per heavy atom. The van der Waals surface area contributed by atoms with Crippen LogP contribution in [0.4, 0.5) is 0 Å². The summed E-state index contributed by atoms with van der Waals surface area (Å²) in [4.78, 5) is 4.51. The Hall–Kier alpha value is -1.19. The predicted octanol–water partition coefficient (Wildman–Crippen LogP) is 3.69. The van der Waals surface area contributed by atoms with Crippen LogP contribution in [0.5, 0.6) is 0 Å². The molecule has 1 N–H and O–H groups in total. The largest absolute Gasteiger partial charge is 0.304 e. The molecule has 18 heavy (non-hydrogen) atoms. The van der Waals surface area contributed by atoms with Crippen molar-refractivity contribution in [2.45, 2.75) is 32.4 Å². The van der Waals surface area contributed by atoms with Crippen LogP contribution in [0.25, 0.3) is 0 Å². The third-order valence-electron chi connectivity index (χ3n) is 3.42. The summed E-state index contributed by atoms with van der Waals surface area (Å²) in [6, 6.07) is 11.3. The number of nitrogens with one attached hydrogen (secondary N) is 1. The van der Waals surface area contributed by atoms with Crippen molar-refractivity contribution < 1.29 is 0 Å². The zero-order valence-electron chi connectivity index (χ0n) is 10.6. The smallest absolute Gasteiger partial charge is 0.0897 e.